The Morgan fingerprint density at radius 2 is 2.05 bits per heavy atom. The van der Waals surface area contributed by atoms with Crippen LogP contribution in [0.25, 0.3) is 0 Å². The zero-order valence-electron chi connectivity index (χ0n) is 12.8. The molecule has 1 heterocycles. The highest BCUT2D eigenvalue weighted by Gasteiger charge is 2.20. The molecular formula is C16H24N2O2S. The molecular weight excluding hydrogens is 284 g/mol. The maximum Gasteiger partial charge on any atom is 0.348 e. The Bertz CT molecular complexity index is 502. The number of anilines is 1. The molecule has 1 aliphatic rings. The number of nitrogens with one attached hydrogen (secondary N) is 2. The van der Waals surface area contributed by atoms with Crippen molar-refractivity contribution in [3.8, 4) is 0 Å². The highest BCUT2D eigenvalue weighted by molar-refractivity contribution is 7.18. The van der Waals surface area contributed by atoms with E-state index >= 15 is 0 Å². The summed E-state index contributed by atoms with van der Waals surface area (Å²) in [5.74, 6) is -0.293. The van der Waals surface area contributed by atoms with Crippen LogP contribution in [-0.4, -0.2) is 24.3 Å². The van der Waals surface area contributed by atoms with Crippen LogP contribution in [0.4, 0.5) is 5.00 Å². The van der Waals surface area contributed by atoms with E-state index in [0.29, 0.717) is 23.2 Å². The standard InChI is InChI=1S/C16H24N2O2S/c1-3-20-16(19)14-10-13(11(2)17)15(21-14)18-12-8-6-4-5-7-9-12/h10,12,17-18H,3-9H2,1-2H3. The van der Waals surface area contributed by atoms with Gasteiger partial charge >= 0.3 is 5.97 Å². The van der Waals surface area contributed by atoms with Gasteiger partial charge in [0.25, 0.3) is 0 Å². The maximum atomic E-state index is 11.9. The van der Waals surface area contributed by atoms with Crippen molar-refractivity contribution in [3.63, 3.8) is 0 Å². The number of hydrogen-bond donors (Lipinski definition) is 2. The summed E-state index contributed by atoms with van der Waals surface area (Å²) in [5, 5.41) is 12.4. The number of rotatable bonds is 5. The molecule has 0 bridgehead atoms. The van der Waals surface area contributed by atoms with E-state index in [4.69, 9.17) is 10.1 Å². The maximum absolute atomic E-state index is 11.9. The fourth-order valence-corrected chi connectivity index (χ4v) is 3.78. The van der Waals surface area contributed by atoms with Gasteiger partial charge in [0.2, 0.25) is 0 Å². The molecule has 2 N–H and O–H groups in total. The molecule has 4 nitrogen and oxygen atoms in total. The Hall–Kier alpha value is -1.36. The molecule has 0 amide bonds. The summed E-state index contributed by atoms with van der Waals surface area (Å²) in [6.07, 6.45) is 7.48. The van der Waals surface area contributed by atoms with Gasteiger partial charge in [-0.3, -0.25) is 0 Å². The van der Waals surface area contributed by atoms with Crippen molar-refractivity contribution in [2.75, 3.05) is 11.9 Å². The van der Waals surface area contributed by atoms with Gasteiger partial charge in [-0.25, -0.2) is 4.79 Å². The molecule has 21 heavy (non-hydrogen) atoms. The SMILES string of the molecule is CCOC(=O)c1cc(C(C)=N)c(NC2CCCCCC2)s1. The minimum absolute atomic E-state index is 0.293. The van der Waals surface area contributed by atoms with Gasteiger partial charge in [0.05, 0.1) is 11.6 Å². The zero-order chi connectivity index (χ0) is 15.2. The van der Waals surface area contributed by atoms with E-state index in [2.05, 4.69) is 5.32 Å². The van der Waals surface area contributed by atoms with Gasteiger partial charge in [-0.15, -0.1) is 11.3 Å². The third-order valence-electron chi connectivity index (χ3n) is 3.80. The second kappa shape index (κ2) is 7.59. The second-order valence-corrected chi connectivity index (χ2v) is 6.58. The lowest BCUT2D eigenvalue weighted by Crippen LogP contribution is -2.18. The van der Waals surface area contributed by atoms with E-state index in [1.54, 1.807) is 19.9 Å². The summed E-state index contributed by atoms with van der Waals surface area (Å²) >= 11 is 1.41. The molecule has 0 unspecified atom stereocenters. The van der Waals surface area contributed by atoms with Crippen molar-refractivity contribution in [1.82, 2.24) is 0 Å². The van der Waals surface area contributed by atoms with Crippen molar-refractivity contribution in [2.24, 2.45) is 0 Å². The van der Waals surface area contributed by atoms with Gasteiger partial charge in [-0.1, -0.05) is 25.7 Å². The number of ether oxygens (including phenoxy) is 1. The highest BCUT2D eigenvalue weighted by Crippen LogP contribution is 2.31. The van der Waals surface area contributed by atoms with E-state index in [1.807, 2.05) is 0 Å². The second-order valence-electron chi connectivity index (χ2n) is 5.53. The van der Waals surface area contributed by atoms with E-state index in [0.717, 1.165) is 10.6 Å². The van der Waals surface area contributed by atoms with Gasteiger partial charge in [0.1, 0.15) is 4.88 Å². The Morgan fingerprint density at radius 1 is 1.38 bits per heavy atom. The molecule has 1 saturated carbocycles. The highest BCUT2D eigenvalue weighted by atomic mass is 32.1. The van der Waals surface area contributed by atoms with Crippen molar-refractivity contribution in [2.45, 2.75) is 58.4 Å². The van der Waals surface area contributed by atoms with Gasteiger partial charge in [0.15, 0.2) is 0 Å². The minimum atomic E-state index is -0.293. The normalized spacial score (nSPS) is 16.3. The predicted octanol–water partition coefficient (Wildman–Crippen LogP) is 4.45. The quantitative estimate of drug-likeness (QED) is 0.480. The van der Waals surface area contributed by atoms with Crippen molar-refractivity contribution in [3.05, 3.63) is 16.5 Å². The fraction of sp³-hybridized carbons (Fsp3) is 0.625. The van der Waals surface area contributed by atoms with Crippen LogP contribution < -0.4 is 5.32 Å². The molecule has 2 rings (SSSR count). The molecule has 1 aromatic rings. The molecule has 0 atom stereocenters. The smallest absolute Gasteiger partial charge is 0.348 e. The van der Waals surface area contributed by atoms with Gasteiger partial charge < -0.3 is 15.5 Å². The molecule has 0 saturated heterocycles. The lowest BCUT2D eigenvalue weighted by molar-refractivity contribution is 0.0532. The van der Waals surface area contributed by atoms with Crippen LogP contribution in [0.15, 0.2) is 6.07 Å². The summed E-state index contributed by atoms with van der Waals surface area (Å²) in [4.78, 5) is 12.4. The molecule has 1 aliphatic carbocycles. The van der Waals surface area contributed by atoms with Crippen LogP contribution in [0, 0.1) is 5.41 Å². The summed E-state index contributed by atoms with van der Waals surface area (Å²) < 4.78 is 5.06. The van der Waals surface area contributed by atoms with E-state index in [9.17, 15) is 4.79 Å². The lowest BCUT2D eigenvalue weighted by Gasteiger charge is -2.17. The van der Waals surface area contributed by atoms with Crippen LogP contribution in [0.2, 0.25) is 0 Å². The topological polar surface area (TPSA) is 62.2 Å². The van der Waals surface area contributed by atoms with Crippen molar-refractivity contribution < 1.29 is 9.53 Å². The molecule has 0 aromatic carbocycles. The van der Waals surface area contributed by atoms with Crippen LogP contribution in [0.3, 0.4) is 0 Å². The van der Waals surface area contributed by atoms with E-state index in [1.165, 1.54) is 49.9 Å². The zero-order valence-corrected chi connectivity index (χ0v) is 13.6. The fourth-order valence-electron chi connectivity index (χ4n) is 2.69. The third-order valence-corrected chi connectivity index (χ3v) is 4.85. The molecule has 1 aromatic heterocycles. The van der Waals surface area contributed by atoms with Crippen LogP contribution in [0.1, 0.15) is 67.6 Å². The van der Waals surface area contributed by atoms with Gasteiger partial charge in [-0.2, -0.15) is 0 Å². The Balaban J connectivity index is 2.16. The average molecular weight is 308 g/mol. The number of carbonyl (C=O) groups is 1. The van der Waals surface area contributed by atoms with Gasteiger partial charge in [0, 0.05) is 17.3 Å². The first-order valence-electron chi connectivity index (χ1n) is 7.74. The molecule has 116 valence electrons. The van der Waals surface area contributed by atoms with Crippen LogP contribution in [-0.2, 0) is 4.74 Å². The predicted molar refractivity (Wildman–Crippen MR) is 87.9 cm³/mol. The lowest BCUT2D eigenvalue weighted by atomic mass is 10.1. The largest absolute Gasteiger partial charge is 0.462 e. The summed E-state index contributed by atoms with van der Waals surface area (Å²) in [6, 6.07) is 2.24. The number of thiophene rings is 1. The Labute approximate surface area is 130 Å². The molecule has 0 spiro atoms. The average Bonchev–Trinajstić information content (AvgIpc) is 2.69. The molecule has 5 heteroatoms. The van der Waals surface area contributed by atoms with E-state index < -0.39 is 0 Å². The first kappa shape index (κ1) is 16.0. The van der Waals surface area contributed by atoms with Crippen LogP contribution in [0.5, 0.6) is 0 Å². The number of esters is 1. The van der Waals surface area contributed by atoms with E-state index in [-0.39, 0.29) is 5.97 Å². The van der Waals surface area contributed by atoms with Crippen molar-refractivity contribution in [1.29, 1.82) is 5.41 Å². The summed E-state index contributed by atoms with van der Waals surface area (Å²) in [6.45, 7) is 3.94. The molecule has 0 radical (unpaired) electrons. The number of hydrogen-bond acceptors (Lipinski definition) is 5. The van der Waals surface area contributed by atoms with Crippen molar-refractivity contribution >= 4 is 28.0 Å². The Kier molecular flexibility index (Phi) is 5.79. The first-order chi connectivity index (χ1) is 10.1. The molecule has 1 fully saturated rings. The first-order valence-corrected chi connectivity index (χ1v) is 8.56. The third kappa shape index (κ3) is 4.30. The number of carbonyl (C=O) groups excluding carboxylic acids is 1. The molecule has 0 aliphatic heterocycles. The summed E-state index contributed by atoms with van der Waals surface area (Å²) in [7, 11) is 0. The van der Waals surface area contributed by atoms with Crippen LogP contribution >= 0.6 is 11.3 Å². The minimum Gasteiger partial charge on any atom is -0.462 e. The Morgan fingerprint density at radius 3 is 2.62 bits per heavy atom. The van der Waals surface area contributed by atoms with Gasteiger partial charge in [-0.05, 0) is 32.8 Å². The summed E-state index contributed by atoms with van der Waals surface area (Å²) in [5.41, 5.74) is 1.31. The monoisotopic (exact) mass is 308 g/mol.